The van der Waals surface area contributed by atoms with Crippen LogP contribution in [0.4, 0.5) is 10.5 Å². The maximum atomic E-state index is 12.3. The molecule has 3 aromatic carbocycles. The van der Waals surface area contributed by atoms with E-state index in [0.29, 0.717) is 18.8 Å². The predicted molar refractivity (Wildman–Crippen MR) is 117 cm³/mol. The third-order valence-electron chi connectivity index (χ3n) is 5.18. The Morgan fingerprint density at radius 1 is 0.933 bits per heavy atom. The molecule has 0 radical (unpaired) electrons. The molecule has 2 amide bonds. The molecule has 4 rings (SSSR count). The molecule has 30 heavy (non-hydrogen) atoms. The minimum Gasteiger partial charge on any atom is -0.444 e. The molecule has 152 valence electrons. The smallest absolute Gasteiger partial charge is 0.411 e. The monoisotopic (exact) mass is 400 g/mol. The van der Waals surface area contributed by atoms with E-state index in [1.165, 1.54) is 5.56 Å². The zero-order chi connectivity index (χ0) is 20.8. The van der Waals surface area contributed by atoms with Crippen molar-refractivity contribution in [2.24, 2.45) is 0 Å². The summed E-state index contributed by atoms with van der Waals surface area (Å²) in [6, 6.07) is 27.6. The van der Waals surface area contributed by atoms with Gasteiger partial charge >= 0.3 is 6.09 Å². The van der Waals surface area contributed by atoms with Gasteiger partial charge in [0.1, 0.15) is 6.10 Å². The van der Waals surface area contributed by atoms with E-state index in [0.717, 1.165) is 17.5 Å². The van der Waals surface area contributed by atoms with E-state index < -0.39 is 12.2 Å². The fourth-order valence-corrected chi connectivity index (χ4v) is 3.65. The molecule has 3 aromatic rings. The number of amides is 2. The Kier molecular flexibility index (Phi) is 6.09. The Morgan fingerprint density at radius 3 is 2.40 bits per heavy atom. The van der Waals surface area contributed by atoms with E-state index in [1.54, 1.807) is 4.90 Å². The molecule has 1 heterocycles. The maximum Gasteiger partial charge on any atom is 0.411 e. The summed E-state index contributed by atoms with van der Waals surface area (Å²) in [5.74, 6) is 0.0230. The number of rotatable bonds is 6. The Bertz CT molecular complexity index is 1010. The van der Waals surface area contributed by atoms with Crippen molar-refractivity contribution in [1.82, 2.24) is 4.90 Å². The average molecular weight is 400 g/mol. The minimum atomic E-state index is -0.539. The Balaban J connectivity index is 1.30. The van der Waals surface area contributed by atoms with Crippen LogP contribution in [0.2, 0.25) is 0 Å². The van der Waals surface area contributed by atoms with Crippen LogP contribution in [0.5, 0.6) is 0 Å². The first kappa shape index (κ1) is 19.7. The van der Waals surface area contributed by atoms with Gasteiger partial charge in [0, 0.05) is 12.2 Å². The van der Waals surface area contributed by atoms with Crippen molar-refractivity contribution in [1.29, 1.82) is 0 Å². The van der Waals surface area contributed by atoms with Crippen molar-refractivity contribution >= 4 is 17.7 Å². The molecule has 5 nitrogen and oxygen atoms in total. The van der Waals surface area contributed by atoms with Crippen LogP contribution in [-0.4, -0.2) is 36.1 Å². The van der Waals surface area contributed by atoms with Gasteiger partial charge in [0.25, 0.3) is 0 Å². The molecule has 0 saturated carbocycles. The lowest BCUT2D eigenvalue weighted by Crippen LogP contribution is -2.29. The average Bonchev–Trinajstić information content (AvgIpc) is 3.12. The third-order valence-corrected chi connectivity index (χ3v) is 5.18. The molecule has 1 unspecified atom stereocenters. The van der Waals surface area contributed by atoms with Crippen LogP contribution in [0, 0.1) is 0 Å². The van der Waals surface area contributed by atoms with E-state index >= 15 is 0 Å². The second-order valence-electron chi connectivity index (χ2n) is 7.38. The van der Waals surface area contributed by atoms with Crippen molar-refractivity contribution in [3.05, 3.63) is 90.5 Å². The number of carbonyl (C=O) groups is 2. The van der Waals surface area contributed by atoms with Gasteiger partial charge < -0.3 is 9.64 Å². The lowest BCUT2D eigenvalue weighted by Gasteiger charge is -2.17. The van der Waals surface area contributed by atoms with Gasteiger partial charge in [-0.05, 0) is 35.2 Å². The van der Waals surface area contributed by atoms with Crippen LogP contribution in [-0.2, 0) is 16.0 Å². The van der Waals surface area contributed by atoms with Crippen molar-refractivity contribution in [3.8, 4) is 11.1 Å². The number of anilines is 1. The summed E-state index contributed by atoms with van der Waals surface area (Å²) in [4.78, 5) is 26.4. The van der Waals surface area contributed by atoms with Crippen LogP contribution in [0.15, 0.2) is 84.9 Å². The van der Waals surface area contributed by atoms with E-state index in [1.807, 2.05) is 84.9 Å². The molecule has 0 aromatic heterocycles. The van der Waals surface area contributed by atoms with Crippen molar-refractivity contribution < 1.29 is 14.3 Å². The fourth-order valence-electron chi connectivity index (χ4n) is 3.65. The summed E-state index contributed by atoms with van der Waals surface area (Å²) >= 11 is 0. The second-order valence-corrected chi connectivity index (χ2v) is 7.38. The number of nitrogens with zero attached hydrogens (tertiary/aromatic N) is 1. The lowest BCUT2D eigenvalue weighted by molar-refractivity contribution is -0.127. The zero-order valence-electron chi connectivity index (χ0n) is 16.7. The molecule has 5 heteroatoms. The molecule has 0 spiro atoms. The van der Waals surface area contributed by atoms with Crippen LogP contribution in [0.25, 0.3) is 11.1 Å². The van der Waals surface area contributed by atoms with Gasteiger partial charge in [-0.25, -0.2) is 4.79 Å². The Labute approximate surface area is 176 Å². The highest BCUT2D eigenvalue weighted by molar-refractivity contribution is 5.87. The molecule has 0 aliphatic carbocycles. The summed E-state index contributed by atoms with van der Waals surface area (Å²) in [7, 11) is 0. The van der Waals surface area contributed by atoms with E-state index in [2.05, 4.69) is 5.32 Å². The van der Waals surface area contributed by atoms with Gasteiger partial charge in [-0.15, -0.1) is 0 Å². The summed E-state index contributed by atoms with van der Waals surface area (Å²) in [6.07, 6.45) is 0.0535. The van der Waals surface area contributed by atoms with Crippen LogP contribution in [0.3, 0.4) is 0 Å². The largest absolute Gasteiger partial charge is 0.444 e. The summed E-state index contributed by atoms with van der Waals surface area (Å²) in [5.41, 5.74) is 3.93. The number of hydrogen-bond acceptors (Lipinski definition) is 3. The Morgan fingerprint density at radius 2 is 1.63 bits per heavy atom. The minimum absolute atomic E-state index is 0.0230. The van der Waals surface area contributed by atoms with Gasteiger partial charge in [-0.1, -0.05) is 72.8 Å². The maximum absolute atomic E-state index is 12.3. The van der Waals surface area contributed by atoms with E-state index in [9.17, 15) is 9.59 Å². The highest BCUT2D eigenvalue weighted by atomic mass is 16.6. The molecule has 1 atom stereocenters. The van der Waals surface area contributed by atoms with Gasteiger partial charge in [0.2, 0.25) is 5.91 Å². The number of likely N-dealkylation sites (tertiary alicyclic amines) is 1. The van der Waals surface area contributed by atoms with Gasteiger partial charge in [-0.2, -0.15) is 0 Å². The summed E-state index contributed by atoms with van der Waals surface area (Å²) < 4.78 is 5.50. The van der Waals surface area contributed by atoms with Crippen LogP contribution >= 0.6 is 0 Å². The zero-order valence-corrected chi connectivity index (χ0v) is 16.7. The molecule has 1 N–H and O–H groups in total. The SMILES string of the molecule is O=C(Nc1cccc(-c2ccccc2)c1)OC1CC(=O)N(CCc2ccccc2)C1. The first-order valence-electron chi connectivity index (χ1n) is 10.1. The first-order chi connectivity index (χ1) is 14.7. The predicted octanol–water partition coefficient (Wildman–Crippen LogP) is 4.75. The Hall–Kier alpha value is -3.60. The second kappa shape index (κ2) is 9.27. The highest BCUT2D eigenvalue weighted by Gasteiger charge is 2.31. The highest BCUT2D eigenvalue weighted by Crippen LogP contribution is 2.23. The number of nitrogens with one attached hydrogen (secondary N) is 1. The standard InChI is InChI=1S/C25H24N2O3/c28-24-17-23(18-27(24)15-14-19-8-3-1-4-9-19)30-25(29)26-22-13-7-12-21(16-22)20-10-5-2-6-11-20/h1-13,16,23H,14-15,17-18H2,(H,26,29). The number of hydrogen-bond donors (Lipinski definition) is 1. The number of benzene rings is 3. The van der Waals surface area contributed by atoms with Gasteiger partial charge in [0.15, 0.2) is 0 Å². The molecule has 1 saturated heterocycles. The third kappa shape index (κ3) is 5.06. The topological polar surface area (TPSA) is 58.6 Å². The first-order valence-corrected chi connectivity index (χ1v) is 10.1. The molecule has 0 bridgehead atoms. The van der Waals surface area contributed by atoms with Crippen molar-refractivity contribution in [2.45, 2.75) is 18.9 Å². The molecule has 1 fully saturated rings. The van der Waals surface area contributed by atoms with Crippen LogP contribution in [0.1, 0.15) is 12.0 Å². The molecular weight excluding hydrogens is 376 g/mol. The van der Waals surface area contributed by atoms with Crippen molar-refractivity contribution in [2.75, 3.05) is 18.4 Å². The van der Waals surface area contributed by atoms with Crippen molar-refractivity contribution in [3.63, 3.8) is 0 Å². The van der Waals surface area contributed by atoms with Gasteiger partial charge in [0.05, 0.1) is 13.0 Å². The van der Waals surface area contributed by atoms with E-state index in [4.69, 9.17) is 4.74 Å². The van der Waals surface area contributed by atoms with Gasteiger partial charge in [-0.3, -0.25) is 10.1 Å². The number of carbonyl (C=O) groups excluding carboxylic acids is 2. The quantitative estimate of drug-likeness (QED) is 0.650. The van der Waals surface area contributed by atoms with E-state index in [-0.39, 0.29) is 12.3 Å². The number of ether oxygens (including phenoxy) is 1. The lowest BCUT2D eigenvalue weighted by atomic mass is 10.1. The molecule has 1 aliphatic rings. The van der Waals surface area contributed by atoms with Crippen LogP contribution < -0.4 is 5.32 Å². The summed E-state index contributed by atoms with van der Waals surface area (Å²) in [5, 5.41) is 2.78. The fraction of sp³-hybridized carbons (Fsp3) is 0.200. The summed E-state index contributed by atoms with van der Waals surface area (Å²) in [6.45, 7) is 1.06. The normalized spacial score (nSPS) is 15.8. The molecular formula is C25H24N2O3. The molecule has 1 aliphatic heterocycles.